The van der Waals surface area contributed by atoms with Crippen molar-refractivity contribution in [1.82, 2.24) is 15.0 Å². The molecule has 3 rings (SSSR count). The van der Waals surface area contributed by atoms with Gasteiger partial charge in [-0.1, -0.05) is 11.6 Å². The number of nitrogens with one attached hydrogen (secondary N) is 2. The second-order valence-corrected chi connectivity index (χ2v) is 5.86. The Labute approximate surface area is 158 Å². The molecule has 136 valence electrons. The molecule has 0 bridgehead atoms. The second-order valence-electron chi connectivity index (χ2n) is 5.42. The van der Waals surface area contributed by atoms with Crippen LogP contribution in [0.3, 0.4) is 0 Å². The molecule has 0 aliphatic carbocycles. The van der Waals surface area contributed by atoms with Crippen LogP contribution in [0.4, 0.5) is 28.8 Å². The van der Waals surface area contributed by atoms with Gasteiger partial charge in [0.25, 0.3) is 0 Å². The Morgan fingerprint density at radius 3 is 2.26 bits per heavy atom. The predicted octanol–water partition coefficient (Wildman–Crippen LogP) is 4.12. The van der Waals surface area contributed by atoms with Gasteiger partial charge >= 0.3 is 5.69 Å². The zero-order valence-corrected chi connectivity index (χ0v) is 14.8. The fourth-order valence-electron chi connectivity index (χ4n) is 2.23. The second kappa shape index (κ2) is 7.75. The van der Waals surface area contributed by atoms with Crippen molar-refractivity contribution < 1.29 is 9.72 Å². The summed E-state index contributed by atoms with van der Waals surface area (Å²) in [6.07, 6.45) is 2.60. The van der Waals surface area contributed by atoms with Crippen molar-refractivity contribution in [2.75, 3.05) is 10.6 Å². The van der Waals surface area contributed by atoms with Crippen molar-refractivity contribution in [2.45, 2.75) is 6.92 Å². The average molecular weight is 385 g/mol. The number of carbonyl (C=O) groups is 1. The number of anilines is 4. The van der Waals surface area contributed by atoms with Crippen LogP contribution in [0.1, 0.15) is 17.3 Å². The monoisotopic (exact) mass is 384 g/mol. The summed E-state index contributed by atoms with van der Waals surface area (Å²) in [6, 6.07) is 9.68. The average Bonchev–Trinajstić information content (AvgIpc) is 2.64. The number of nitrogens with zero attached hydrogens (tertiary/aromatic N) is 4. The molecule has 10 heteroatoms. The third kappa shape index (κ3) is 4.33. The lowest BCUT2D eigenvalue weighted by molar-refractivity contribution is -0.383. The normalized spacial score (nSPS) is 10.3. The van der Waals surface area contributed by atoms with Crippen molar-refractivity contribution in [2.24, 2.45) is 0 Å². The fourth-order valence-corrected chi connectivity index (χ4v) is 2.34. The van der Waals surface area contributed by atoms with E-state index in [1.54, 1.807) is 36.4 Å². The first-order valence-electron chi connectivity index (χ1n) is 7.70. The molecular weight excluding hydrogens is 372 g/mol. The van der Waals surface area contributed by atoms with Crippen LogP contribution in [0.5, 0.6) is 0 Å². The summed E-state index contributed by atoms with van der Waals surface area (Å²) in [7, 11) is 0. The number of carbonyl (C=O) groups excluding carboxylic acids is 1. The lowest BCUT2D eigenvalue weighted by Gasteiger charge is -2.10. The lowest BCUT2D eigenvalue weighted by atomic mass is 10.1. The van der Waals surface area contributed by atoms with Gasteiger partial charge in [-0.25, -0.2) is 15.0 Å². The van der Waals surface area contributed by atoms with Gasteiger partial charge in [-0.2, -0.15) is 0 Å². The van der Waals surface area contributed by atoms with Gasteiger partial charge in [0.2, 0.25) is 11.6 Å². The van der Waals surface area contributed by atoms with E-state index in [2.05, 4.69) is 25.6 Å². The number of pyridine rings is 1. The molecule has 9 nitrogen and oxygen atoms in total. The number of hydrogen-bond acceptors (Lipinski definition) is 8. The van der Waals surface area contributed by atoms with E-state index in [1.165, 1.54) is 19.4 Å². The number of aromatic nitrogens is 3. The van der Waals surface area contributed by atoms with Gasteiger partial charge in [0.1, 0.15) is 12.1 Å². The summed E-state index contributed by atoms with van der Waals surface area (Å²) in [6.45, 7) is 1.46. The van der Waals surface area contributed by atoms with Crippen molar-refractivity contribution in [1.29, 1.82) is 0 Å². The first-order valence-corrected chi connectivity index (χ1v) is 8.08. The van der Waals surface area contributed by atoms with Gasteiger partial charge in [-0.05, 0) is 43.3 Å². The molecule has 0 amide bonds. The van der Waals surface area contributed by atoms with Gasteiger partial charge in [-0.3, -0.25) is 14.9 Å². The molecule has 0 saturated heterocycles. The highest BCUT2D eigenvalue weighted by Crippen LogP contribution is 2.32. The first-order chi connectivity index (χ1) is 12.9. The number of hydrogen-bond donors (Lipinski definition) is 2. The molecule has 27 heavy (non-hydrogen) atoms. The maximum absolute atomic E-state index is 11.6. The van der Waals surface area contributed by atoms with Crippen LogP contribution >= 0.6 is 11.6 Å². The Morgan fingerprint density at radius 1 is 1.04 bits per heavy atom. The van der Waals surface area contributed by atoms with E-state index >= 15 is 0 Å². The van der Waals surface area contributed by atoms with Crippen LogP contribution in [0.2, 0.25) is 5.02 Å². The molecule has 0 spiro atoms. The Bertz CT molecular complexity index is 993. The topological polar surface area (TPSA) is 123 Å². The van der Waals surface area contributed by atoms with E-state index in [0.29, 0.717) is 22.1 Å². The largest absolute Gasteiger partial charge is 0.353 e. The molecule has 2 heterocycles. The van der Waals surface area contributed by atoms with Crippen molar-refractivity contribution in [3.63, 3.8) is 0 Å². The number of Topliss-reactive ketones (excluding diaryl/α,β-unsaturated/α-hetero) is 1. The van der Waals surface area contributed by atoms with E-state index in [1.807, 2.05) is 0 Å². The lowest BCUT2D eigenvalue weighted by Crippen LogP contribution is -2.06. The molecule has 2 aromatic heterocycles. The minimum atomic E-state index is -0.593. The van der Waals surface area contributed by atoms with Gasteiger partial charge in [-0.15, -0.1) is 0 Å². The quantitative estimate of drug-likeness (QED) is 0.369. The van der Waals surface area contributed by atoms with Crippen LogP contribution in [0.15, 0.2) is 48.9 Å². The SMILES string of the molecule is CC(=O)c1ccc(Nc2ncnc(Nc3ccc(Cl)cn3)c2[N+](=O)[O-])cc1. The van der Waals surface area contributed by atoms with Gasteiger partial charge in [0, 0.05) is 17.4 Å². The number of halogens is 1. The molecule has 2 N–H and O–H groups in total. The zero-order valence-electron chi connectivity index (χ0n) is 14.0. The highest BCUT2D eigenvalue weighted by atomic mass is 35.5. The number of ketones is 1. The van der Waals surface area contributed by atoms with Gasteiger partial charge in [0.15, 0.2) is 5.78 Å². The fraction of sp³-hybridized carbons (Fsp3) is 0.0588. The Balaban J connectivity index is 1.92. The van der Waals surface area contributed by atoms with Gasteiger partial charge in [0.05, 0.1) is 9.95 Å². The van der Waals surface area contributed by atoms with Crippen LogP contribution < -0.4 is 10.6 Å². The Morgan fingerprint density at radius 2 is 1.70 bits per heavy atom. The van der Waals surface area contributed by atoms with Gasteiger partial charge < -0.3 is 10.6 Å². The summed E-state index contributed by atoms with van der Waals surface area (Å²) in [5.41, 5.74) is 0.733. The third-order valence-corrected chi connectivity index (χ3v) is 3.76. The minimum Gasteiger partial charge on any atom is -0.334 e. The van der Waals surface area contributed by atoms with E-state index in [0.717, 1.165) is 0 Å². The summed E-state index contributed by atoms with van der Waals surface area (Å²) in [4.78, 5) is 34.3. The highest BCUT2D eigenvalue weighted by Gasteiger charge is 2.23. The molecule has 0 aliphatic heterocycles. The molecule has 0 unspecified atom stereocenters. The van der Waals surface area contributed by atoms with Crippen LogP contribution in [-0.2, 0) is 0 Å². The maximum atomic E-state index is 11.6. The van der Waals surface area contributed by atoms with Crippen LogP contribution in [0.25, 0.3) is 0 Å². The molecule has 3 aromatic rings. The number of nitro groups is 1. The molecule has 0 saturated carbocycles. The first kappa shape index (κ1) is 18.2. The van der Waals surface area contributed by atoms with Crippen molar-refractivity contribution in [3.8, 4) is 0 Å². The summed E-state index contributed by atoms with van der Waals surface area (Å²) in [5.74, 6) is 0.254. The Kier molecular flexibility index (Phi) is 5.23. The van der Waals surface area contributed by atoms with Crippen LogP contribution in [0, 0.1) is 10.1 Å². The molecule has 0 radical (unpaired) electrons. The minimum absolute atomic E-state index is 0.00189. The molecule has 0 atom stereocenters. The van der Waals surface area contributed by atoms with E-state index < -0.39 is 4.92 Å². The highest BCUT2D eigenvalue weighted by molar-refractivity contribution is 6.30. The van der Waals surface area contributed by atoms with Crippen LogP contribution in [-0.4, -0.2) is 25.7 Å². The zero-order chi connectivity index (χ0) is 19.4. The van der Waals surface area contributed by atoms with E-state index in [9.17, 15) is 14.9 Å². The number of rotatable bonds is 6. The molecule has 0 fully saturated rings. The molecule has 1 aromatic carbocycles. The third-order valence-electron chi connectivity index (χ3n) is 3.53. The molecular formula is C17H13ClN6O3. The predicted molar refractivity (Wildman–Crippen MR) is 101 cm³/mol. The van der Waals surface area contributed by atoms with E-state index in [4.69, 9.17) is 11.6 Å². The standard InChI is InChI=1S/C17H13ClN6O3/c1-10(25)11-2-5-13(6-3-11)22-16-15(24(26)27)17(21-9-20-16)23-14-7-4-12(18)8-19-14/h2-9H,1H3,(H2,19,20,21,22,23). The maximum Gasteiger partial charge on any atom is 0.353 e. The van der Waals surface area contributed by atoms with E-state index in [-0.39, 0.29) is 23.1 Å². The number of benzene rings is 1. The Hall–Kier alpha value is -3.59. The summed E-state index contributed by atoms with van der Waals surface area (Å²) < 4.78 is 0. The molecule has 0 aliphatic rings. The van der Waals surface area contributed by atoms with Crippen molar-refractivity contribution >= 4 is 46.2 Å². The summed E-state index contributed by atoms with van der Waals surface area (Å²) >= 11 is 5.79. The van der Waals surface area contributed by atoms with Crippen molar-refractivity contribution in [3.05, 3.63) is 69.6 Å². The summed E-state index contributed by atoms with van der Waals surface area (Å²) in [5, 5.41) is 17.7. The smallest absolute Gasteiger partial charge is 0.334 e.